The first-order valence-corrected chi connectivity index (χ1v) is 10.3. The lowest BCUT2D eigenvalue weighted by Gasteiger charge is -2.56. The monoisotopic (exact) mass is 342 g/mol. The molecule has 0 amide bonds. The molecular formula is C20H26N2OS. The van der Waals surface area contributed by atoms with Gasteiger partial charge >= 0.3 is 0 Å². The Bertz CT molecular complexity index is 670. The van der Waals surface area contributed by atoms with Crippen LogP contribution in [0.15, 0.2) is 28.2 Å². The fourth-order valence-corrected chi connectivity index (χ4v) is 6.95. The highest BCUT2D eigenvalue weighted by Crippen LogP contribution is 2.61. The Kier molecular flexibility index (Phi) is 3.60. The van der Waals surface area contributed by atoms with Crippen molar-refractivity contribution in [3.05, 3.63) is 40.2 Å². The molecule has 0 aromatic carbocycles. The molecule has 4 aliphatic carbocycles. The summed E-state index contributed by atoms with van der Waals surface area (Å²) in [5.41, 5.74) is 1.63. The van der Waals surface area contributed by atoms with Crippen molar-refractivity contribution in [1.82, 2.24) is 10.3 Å². The lowest BCUT2D eigenvalue weighted by molar-refractivity contribution is -0.00534. The molecule has 4 heteroatoms. The SMILES string of the molecule is C[C@@H](NCc1csc(C23CC4CC(CC(C4)C2)C3)n1)c1ccco1. The third kappa shape index (κ3) is 2.55. The maximum Gasteiger partial charge on any atom is 0.120 e. The van der Waals surface area contributed by atoms with Gasteiger partial charge in [0.1, 0.15) is 5.76 Å². The normalized spacial score (nSPS) is 35.5. The molecule has 0 saturated heterocycles. The van der Waals surface area contributed by atoms with Gasteiger partial charge in [0, 0.05) is 17.3 Å². The number of nitrogens with one attached hydrogen (secondary N) is 1. The van der Waals surface area contributed by atoms with Gasteiger partial charge in [-0.1, -0.05) is 0 Å². The number of nitrogens with zero attached hydrogens (tertiary/aromatic N) is 1. The van der Waals surface area contributed by atoms with Crippen LogP contribution < -0.4 is 5.32 Å². The molecule has 0 aliphatic heterocycles. The van der Waals surface area contributed by atoms with Crippen LogP contribution in [0.5, 0.6) is 0 Å². The van der Waals surface area contributed by atoms with E-state index in [0.717, 1.165) is 30.1 Å². The maximum atomic E-state index is 5.47. The molecule has 4 saturated carbocycles. The quantitative estimate of drug-likeness (QED) is 0.826. The Morgan fingerprint density at radius 1 is 1.25 bits per heavy atom. The van der Waals surface area contributed by atoms with Gasteiger partial charge < -0.3 is 9.73 Å². The van der Waals surface area contributed by atoms with Crippen LogP contribution in [0, 0.1) is 17.8 Å². The second-order valence-corrected chi connectivity index (χ2v) is 9.32. The lowest BCUT2D eigenvalue weighted by Crippen LogP contribution is -2.48. The molecule has 2 aromatic rings. The molecule has 4 bridgehead atoms. The van der Waals surface area contributed by atoms with E-state index >= 15 is 0 Å². The Balaban J connectivity index is 1.29. The summed E-state index contributed by atoms with van der Waals surface area (Å²) in [4.78, 5) is 5.08. The molecule has 6 rings (SSSR count). The minimum atomic E-state index is 0.227. The van der Waals surface area contributed by atoms with Gasteiger partial charge in [-0.15, -0.1) is 11.3 Å². The van der Waals surface area contributed by atoms with Gasteiger partial charge in [0.05, 0.1) is 23.0 Å². The predicted octanol–water partition coefficient (Wildman–Crippen LogP) is 5.05. The Hall–Kier alpha value is -1.13. The van der Waals surface area contributed by atoms with Crippen molar-refractivity contribution >= 4 is 11.3 Å². The number of hydrogen-bond acceptors (Lipinski definition) is 4. The fourth-order valence-electron chi connectivity index (χ4n) is 5.90. The third-order valence-corrected chi connectivity index (χ3v) is 7.74. The summed E-state index contributed by atoms with van der Waals surface area (Å²) in [6, 6.07) is 4.20. The highest BCUT2D eigenvalue weighted by atomic mass is 32.1. The van der Waals surface area contributed by atoms with Crippen LogP contribution >= 0.6 is 11.3 Å². The van der Waals surface area contributed by atoms with Crippen molar-refractivity contribution in [2.24, 2.45) is 17.8 Å². The average Bonchev–Trinajstić information content (AvgIpc) is 3.23. The summed E-state index contributed by atoms with van der Waals surface area (Å²) < 4.78 is 5.47. The molecule has 0 unspecified atom stereocenters. The first kappa shape index (κ1) is 15.2. The van der Waals surface area contributed by atoms with Crippen LogP contribution in [0.1, 0.15) is 68.0 Å². The van der Waals surface area contributed by atoms with E-state index in [4.69, 9.17) is 9.40 Å². The molecule has 2 aromatic heterocycles. The highest BCUT2D eigenvalue weighted by Gasteiger charge is 2.52. The molecule has 0 spiro atoms. The van der Waals surface area contributed by atoms with E-state index in [1.54, 1.807) is 6.26 Å². The average molecular weight is 343 g/mol. The minimum Gasteiger partial charge on any atom is -0.468 e. The van der Waals surface area contributed by atoms with Gasteiger partial charge in [0.25, 0.3) is 0 Å². The smallest absolute Gasteiger partial charge is 0.120 e. The second-order valence-electron chi connectivity index (χ2n) is 8.46. The largest absolute Gasteiger partial charge is 0.468 e. The highest BCUT2D eigenvalue weighted by molar-refractivity contribution is 7.09. The number of hydrogen-bond donors (Lipinski definition) is 1. The van der Waals surface area contributed by atoms with Crippen LogP contribution in [0.2, 0.25) is 0 Å². The molecule has 128 valence electrons. The van der Waals surface area contributed by atoms with Crippen LogP contribution in [0.25, 0.3) is 0 Å². The summed E-state index contributed by atoms with van der Waals surface area (Å²) in [6.45, 7) is 2.97. The zero-order chi connectivity index (χ0) is 16.1. The molecule has 1 N–H and O–H groups in total. The molecular weight excluding hydrogens is 316 g/mol. The van der Waals surface area contributed by atoms with Gasteiger partial charge in [-0.05, 0) is 75.3 Å². The van der Waals surface area contributed by atoms with E-state index in [2.05, 4.69) is 17.6 Å². The van der Waals surface area contributed by atoms with E-state index in [9.17, 15) is 0 Å². The molecule has 4 fully saturated rings. The molecule has 2 heterocycles. The van der Waals surface area contributed by atoms with Gasteiger partial charge in [-0.2, -0.15) is 0 Å². The second kappa shape index (κ2) is 5.70. The van der Waals surface area contributed by atoms with Crippen molar-refractivity contribution in [3.63, 3.8) is 0 Å². The van der Waals surface area contributed by atoms with Crippen LogP contribution in [-0.4, -0.2) is 4.98 Å². The summed E-state index contributed by atoms with van der Waals surface area (Å²) in [5, 5.41) is 7.25. The van der Waals surface area contributed by atoms with Crippen molar-refractivity contribution < 1.29 is 4.42 Å². The van der Waals surface area contributed by atoms with Crippen LogP contribution in [0.3, 0.4) is 0 Å². The van der Waals surface area contributed by atoms with E-state index in [0.29, 0.717) is 5.41 Å². The summed E-state index contributed by atoms with van der Waals surface area (Å²) in [7, 11) is 0. The third-order valence-electron chi connectivity index (χ3n) is 6.60. The van der Waals surface area contributed by atoms with Gasteiger partial charge in [-0.25, -0.2) is 4.98 Å². The maximum absolute atomic E-state index is 5.47. The predicted molar refractivity (Wildman–Crippen MR) is 95.9 cm³/mol. The number of rotatable bonds is 5. The lowest BCUT2D eigenvalue weighted by atomic mass is 9.50. The van der Waals surface area contributed by atoms with Crippen molar-refractivity contribution in [2.75, 3.05) is 0 Å². The number of aromatic nitrogens is 1. The Labute approximate surface area is 147 Å². The molecule has 3 nitrogen and oxygen atoms in total. The summed E-state index contributed by atoms with van der Waals surface area (Å²) >= 11 is 1.91. The molecule has 24 heavy (non-hydrogen) atoms. The van der Waals surface area contributed by atoms with Gasteiger partial charge in [-0.3, -0.25) is 0 Å². The summed E-state index contributed by atoms with van der Waals surface area (Å²) in [6.07, 6.45) is 10.5. The van der Waals surface area contributed by atoms with Crippen LogP contribution in [0.4, 0.5) is 0 Å². The van der Waals surface area contributed by atoms with E-state index < -0.39 is 0 Å². The van der Waals surface area contributed by atoms with Crippen molar-refractivity contribution in [1.29, 1.82) is 0 Å². The van der Waals surface area contributed by atoms with Crippen molar-refractivity contribution in [2.45, 2.75) is 63.5 Å². The van der Waals surface area contributed by atoms with E-state index in [-0.39, 0.29) is 6.04 Å². The minimum absolute atomic E-state index is 0.227. The topological polar surface area (TPSA) is 38.1 Å². The fraction of sp³-hybridized carbons (Fsp3) is 0.650. The zero-order valence-corrected chi connectivity index (χ0v) is 15.1. The van der Waals surface area contributed by atoms with Gasteiger partial charge in [0.2, 0.25) is 0 Å². The molecule has 4 aliphatic rings. The van der Waals surface area contributed by atoms with Crippen molar-refractivity contribution in [3.8, 4) is 0 Å². The standard InChI is InChI=1S/C20H26N2OS/c1-13(18-3-2-4-23-18)21-11-17-12-24-19(22-17)20-8-14-5-15(9-20)7-16(6-14)10-20/h2-4,12-16,21H,5-11H2,1H3/t13-,14?,15?,16?,20?/m1/s1. The van der Waals surface area contributed by atoms with E-state index in [1.807, 2.05) is 23.5 Å². The Morgan fingerprint density at radius 3 is 2.58 bits per heavy atom. The molecule has 1 atom stereocenters. The first-order valence-electron chi connectivity index (χ1n) is 9.42. The number of furan rings is 1. The summed E-state index contributed by atoms with van der Waals surface area (Å²) in [5.74, 6) is 3.95. The number of thiazole rings is 1. The molecule has 0 radical (unpaired) electrons. The zero-order valence-electron chi connectivity index (χ0n) is 14.3. The van der Waals surface area contributed by atoms with Crippen LogP contribution in [-0.2, 0) is 12.0 Å². The van der Waals surface area contributed by atoms with E-state index in [1.165, 1.54) is 49.2 Å². The Morgan fingerprint density at radius 2 is 1.96 bits per heavy atom. The first-order chi connectivity index (χ1) is 11.7. The van der Waals surface area contributed by atoms with Gasteiger partial charge in [0.15, 0.2) is 0 Å².